The van der Waals surface area contributed by atoms with Crippen molar-refractivity contribution in [3.8, 4) is 5.75 Å². The number of fused-ring (bicyclic) bond motifs is 1. The van der Waals surface area contributed by atoms with Crippen LogP contribution in [0, 0.1) is 6.92 Å². The average molecular weight is 452 g/mol. The van der Waals surface area contributed by atoms with E-state index >= 15 is 0 Å². The molecule has 3 aromatic rings. The molecule has 1 fully saturated rings. The number of hydrogen-bond donors (Lipinski definition) is 1. The third-order valence-electron chi connectivity index (χ3n) is 5.39. The second-order valence-corrected chi connectivity index (χ2v) is 9.22. The Hall–Kier alpha value is -3.55. The number of rotatable bonds is 5. The maximum Gasteiger partial charge on any atom is 0.410 e. The molecular formula is C25H29N3O5. The lowest BCUT2D eigenvalue weighted by Crippen LogP contribution is -2.40. The monoisotopic (exact) mass is 451 g/mol. The number of hydrogen-bond acceptors (Lipinski definition) is 6. The normalized spacial score (nSPS) is 16.1. The minimum Gasteiger partial charge on any atom is -0.489 e. The predicted octanol–water partition coefficient (Wildman–Crippen LogP) is 4.45. The molecule has 0 aliphatic carbocycles. The third-order valence-corrected chi connectivity index (χ3v) is 5.39. The zero-order valence-corrected chi connectivity index (χ0v) is 19.4. The van der Waals surface area contributed by atoms with Crippen molar-refractivity contribution in [1.82, 2.24) is 15.2 Å². The first-order valence-corrected chi connectivity index (χ1v) is 11.0. The fraction of sp³-hybridized carbons (Fsp3) is 0.400. The Morgan fingerprint density at radius 2 is 1.97 bits per heavy atom. The Morgan fingerprint density at radius 1 is 1.21 bits per heavy atom. The molecule has 2 amide bonds. The second kappa shape index (κ2) is 9.13. The number of nitrogens with zero attached hydrogens (tertiary/aromatic N) is 2. The highest BCUT2D eigenvalue weighted by Crippen LogP contribution is 2.30. The topological polar surface area (TPSA) is 93.9 Å². The number of ether oxygens (including phenoxy) is 2. The molecule has 3 heterocycles. The molecule has 33 heavy (non-hydrogen) atoms. The van der Waals surface area contributed by atoms with Gasteiger partial charge in [-0.1, -0.05) is 0 Å². The number of benzene rings is 1. The summed E-state index contributed by atoms with van der Waals surface area (Å²) < 4.78 is 17.1. The van der Waals surface area contributed by atoms with Crippen LogP contribution in [0.5, 0.6) is 5.75 Å². The summed E-state index contributed by atoms with van der Waals surface area (Å²) in [5.41, 5.74) is 1.55. The lowest BCUT2D eigenvalue weighted by atomic mass is 10.1. The van der Waals surface area contributed by atoms with Gasteiger partial charge in [0.05, 0.1) is 5.56 Å². The summed E-state index contributed by atoms with van der Waals surface area (Å²) in [5, 5.41) is 3.74. The molecule has 8 heteroatoms. The number of aromatic nitrogens is 1. The maximum absolute atomic E-state index is 13.1. The number of nitrogens with one attached hydrogen (secondary N) is 1. The molecule has 8 nitrogen and oxygen atoms in total. The summed E-state index contributed by atoms with van der Waals surface area (Å²) in [6.07, 6.45) is 3.74. The zero-order valence-electron chi connectivity index (χ0n) is 19.4. The molecule has 0 saturated carbocycles. The summed E-state index contributed by atoms with van der Waals surface area (Å²) >= 11 is 0. The summed E-state index contributed by atoms with van der Waals surface area (Å²) in [7, 11) is 0. The van der Waals surface area contributed by atoms with Crippen molar-refractivity contribution in [1.29, 1.82) is 0 Å². The van der Waals surface area contributed by atoms with E-state index in [9.17, 15) is 9.59 Å². The Balaban J connectivity index is 1.44. The van der Waals surface area contributed by atoms with Gasteiger partial charge in [0, 0.05) is 36.9 Å². The van der Waals surface area contributed by atoms with Crippen molar-refractivity contribution in [2.24, 2.45) is 0 Å². The number of furan rings is 1. The van der Waals surface area contributed by atoms with Crippen LogP contribution in [0.2, 0.25) is 0 Å². The summed E-state index contributed by atoms with van der Waals surface area (Å²) in [6, 6.07) is 9.08. The van der Waals surface area contributed by atoms with Crippen LogP contribution in [0.3, 0.4) is 0 Å². The Labute approximate surface area is 192 Å². The van der Waals surface area contributed by atoms with Crippen LogP contribution in [0.15, 0.2) is 47.1 Å². The van der Waals surface area contributed by atoms with Crippen LogP contribution in [0.1, 0.15) is 48.9 Å². The van der Waals surface area contributed by atoms with E-state index in [1.807, 2.05) is 45.0 Å². The van der Waals surface area contributed by atoms with Crippen molar-refractivity contribution in [2.45, 2.75) is 52.4 Å². The molecule has 0 radical (unpaired) electrons. The van der Waals surface area contributed by atoms with E-state index in [1.54, 1.807) is 30.3 Å². The third kappa shape index (κ3) is 5.45. The van der Waals surface area contributed by atoms with Gasteiger partial charge in [0.15, 0.2) is 0 Å². The van der Waals surface area contributed by atoms with Crippen LogP contribution >= 0.6 is 0 Å². The molecule has 1 N–H and O–H groups in total. The van der Waals surface area contributed by atoms with E-state index in [-0.39, 0.29) is 18.0 Å². The highest BCUT2D eigenvalue weighted by molar-refractivity contribution is 6.07. The predicted molar refractivity (Wildman–Crippen MR) is 123 cm³/mol. The molecule has 2 aromatic heterocycles. The molecule has 1 aliphatic rings. The number of aryl methyl sites for hydroxylation is 1. The highest BCUT2D eigenvalue weighted by Gasteiger charge is 2.31. The molecule has 1 aromatic carbocycles. The van der Waals surface area contributed by atoms with E-state index in [0.29, 0.717) is 54.2 Å². The van der Waals surface area contributed by atoms with Gasteiger partial charge in [-0.25, -0.2) is 4.79 Å². The Morgan fingerprint density at radius 3 is 2.70 bits per heavy atom. The van der Waals surface area contributed by atoms with Gasteiger partial charge in [-0.2, -0.15) is 0 Å². The molecule has 1 atom stereocenters. The molecule has 1 saturated heterocycles. The van der Waals surface area contributed by atoms with E-state index in [2.05, 4.69) is 10.3 Å². The fourth-order valence-corrected chi connectivity index (χ4v) is 3.84. The molecule has 0 bridgehead atoms. The molecule has 4 rings (SSSR count). The Kier molecular flexibility index (Phi) is 6.26. The van der Waals surface area contributed by atoms with Gasteiger partial charge in [0.1, 0.15) is 29.3 Å². The van der Waals surface area contributed by atoms with Gasteiger partial charge in [0.25, 0.3) is 5.91 Å². The van der Waals surface area contributed by atoms with E-state index in [1.165, 1.54) is 0 Å². The van der Waals surface area contributed by atoms with Gasteiger partial charge in [-0.3, -0.25) is 9.78 Å². The van der Waals surface area contributed by atoms with Crippen molar-refractivity contribution >= 4 is 23.0 Å². The zero-order chi connectivity index (χ0) is 23.6. The lowest BCUT2D eigenvalue weighted by Gasteiger charge is -2.24. The van der Waals surface area contributed by atoms with Crippen molar-refractivity contribution < 1.29 is 23.5 Å². The van der Waals surface area contributed by atoms with E-state index in [0.717, 1.165) is 5.56 Å². The Bertz CT molecular complexity index is 1150. The molecular weight excluding hydrogens is 422 g/mol. The first-order valence-electron chi connectivity index (χ1n) is 11.0. The quantitative estimate of drug-likeness (QED) is 0.616. The van der Waals surface area contributed by atoms with Crippen LogP contribution in [0.25, 0.3) is 11.0 Å². The average Bonchev–Trinajstić information content (AvgIpc) is 3.35. The summed E-state index contributed by atoms with van der Waals surface area (Å²) in [6.45, 7) is 8.63. The largest absolute Gasteiger partial charge is 0.489 e. The van der Waals surface area contributed by atoms with Crippen molar-refractivity contribution in [3.05, 3.63) is 59.6 Å². The summed E-state index contributed by atoms with van der Waals surface area (Å²) in [5.74, 6) is 0.954. The summed E-state index contributed by atoms with van der Waals surface area (Å²) in [4.78, 5) is 31.1. The van der Waals surface area contributed by atoms with Crippen LogP contribution in [-0.4, -0.2) is 46.6 Å². The van der Waals surface area contributed by atoms with Gasteiger partial charge in [-0.05, 0) is 70.0 Å². The van der Waals surface area contributed by atoms with Gasteiger partial charge in [0.2, 0.25) is 0 Å². The van der Waals surface area contributed by atoms with Crippen LogP contribution in [0.4, 0.5) is 4.79 Å². The second-order valence-electron chi connectivity index (χ2n) is 9.22. The van der Waals surface area contributed by atoms with Crippen molar-refractivity contribution in [3.63, 3.8) is 0 Å². The standard InChI is InChI=1S/C25H29N3O5/c1-16-22(23(29)27-18-9-12-28(14-18)24(30)33-25(2,3)4)20-13-19(5-6-21(20)32-16)31-15-17-7-10-26-11-8-17/h5-8,10-11,13,18H,9,12,14-15H2,1-4H3,(H,27,29). The van der Waals surface area contributed by atoms with E-state index < -0.39 is 5.60 Å². The number of carbonyl (C=O) groups is 2. The number of pyridine rings is 1. The van der Waals surface area contributed by atoms with Gasteiger partial charge >= 0.3 is 6.09 Å². The number of likely N-dealkylation sites (tertiary alicyclic amines) is 1. The van der Waals surface area contributed by atoms with Crippen molar-refractivity contribution in [2.75, 3.05) is 13.1 Å². The molecule has 1 unspecified atom stereocenters. The molecule has 174 valence electrons. The first-order chi connectivity index (χ1) is 15.7. The van der Waals surface area contributed by atoms with E-state index in [4.69, 9.17) is 13.9 Å². The SMILES string of the molecule is Cc1oc2ccc(OCc3ccncc3)cc2c1C(=O)NC1CCN(C(=O)OC(C)(C)C)C1. The smallest absolute Gasteiger partial charge is 0.410 e. The number of carbonyl (C=O) groups excluding carboxylic acids is 2. The lowest BCUT2D eigenvalue weighted by molar-refractivity contribution is 0.0290. The number of amides is 2. The van der Waals surface area contributed by atoms with Crippen LogP contribution in [-0.2, 0) is 11.3 Å². The maximum atomic E-state index is 13.1. The minimum absolute atomic E-state index is 0.152. The van der Waals surface area contributed by atoms with Crippen LogP contribution < -0.4 is 10.1 Å². The highest BCUT2D eigenvalue weighted by atomic mass is 16.6. The first kappa shape index (κ1) is 22.6. The minimum atomic E-state index is -0.553. The fourth-order valence-electron chi connectivity index (χ4n) is 3.84. The molecule has 1 aliphatic heterocycles. The van der Waals surface area contributed by atoms with Gasteiger partial charge < -0.3 is 24.1 Å². The van der Waals surface area contributed by atoms with Gasteiger partial charge in [-0.15, -0.1) is 0 Å². The molecule has 0 spiro atoms.